The van der Waals surface area contributed by atoms with Gasteiger partial charge in [0.05, 0.1) is 11.7 Å². The first kappa shape index (κ1) is 32.1. The van der Waals surface area contributed by atoms with Gasteiger partial charge in [-0.3, -0.25) is 14.8 Å². The summed E-state index contributed by atoms with van der Waals surface area (Å²) in [5, 5.41) is 24.5. The number of nitrogens with one attached hydrogen (secondary N) is 1. The fraction of sp³-hybridized carbons (Fsp3) is 0.317. The number of hydrogen-bond donors (Lipinski definition) is 2. The van der Waals surface area contributed by atoms with Gasteiger partial charge in [-0.15, -0.1) is 0 Å². The van der Waals surface area contributed by atoms with Crippen molar-refractivity contribution in [2.24, 2.45) is 5.92 Å². The highest BCUT2D eigenvalue weighted by Crippen LogP contribution is 2.38. The topological polar surface area (TPSA) is 114 Å². The van der Waals surface area contributed by atoms with Crippen molar-refractivity contribution in [2.75, 3.05) is 31.5 Å². The van der Waals surface area contributed by atoms with Crippen LogP contribution in [0.15, 0.2) is 77.5 Å². The largest absolute Gasteiger partial charge is 0.435 e. The van der Waals surface area contributed by atoms with E-state index in [4.69, 9.17) is 14.4 Å². The quantitative estimate of drug-likeness (QED) is 0.169. The minimum atomic E-state index is -0.240. The highest BCUT2D eigenvalue weighted by Gasteiger charge is 2.23. The molecule has 2 aliphatic heterocycles. The van der Waals surface area contributed by atoms with Gasteiger partial charge in [0.25, 0.3) is 0 Å². The number of benzene rings is 3. The molecular formula is C41H41N7O2. The molecule has 50 heavy (non-hydrogen) atoms. The van der Waals surface area contributed by atoms with Gasteiger partial charge in [-0.05, 0) is 109 Å². The first-order valence-corrected chi connectivity index (χ1v) is 17.5. The molecule has 0 radical (unpaired) electrons. The minimum absolute atomic E-state index is 0.240. The van der Waals surface area contributed by atoms with Crippen molar-refractivity contribution >= 4 is 33.5 Å². The van der Waals surface area contributed by atoms with Crippen LogP contribution in [0.2, 0.25) is 0 Å². The molecule has 2 aliphatic rings. The molecule has 3 aromatic heterocycles. The zero-order chi connectivity index (χ0) is 34.4. The van der Waals surface area contributed by atoms with E-state index in [9.17, 15) is 10.4 Å². The Morgan fingerprint density at radius 1 is 0.900 bits per heavy atom. The van der Waals surface area contributed by atoms with Crippen LogP contribution in [0.25, 0.3) is 44.6 Å². The highest BCUT2D eigenvalue weighted by molar-refractivity contribution is 5.91. The van der Waals surface area contributed by atoms with Crippen molar-refractivity contribution in [1.29, 1.82) is 5.26 Å². The van der Waals surface area contributed by atoms with Crippen molar-refractivity contribution in [3.05, 3.63) is 101 Å². The first-order chi connectivity index (χ1) is 24.3. The Bertz CT molecular complexity index is 2270. The van der Waals surface area contributed by atoms with Crippen molar-refractivity contribution in [3.8, 4) is 28.7 Å². The summed E-state index contributed by atoms with van der Waals surface area (Å²) in [4.78, 5) is 19.1. The van der Waals surface area contributed by atoms with Crippen LogP contribution in [0.5, 0.6) is 0 Å². The zero-order valence-corrected chi connectivity index (χ0v) is 28.8. The van der Waals surface area contributed by atoms with Gasteiger partial charge in [0, 0.05) is 61.8 Å². The van der Waals surface area contributed by atoms with Gasteiger partial charge in [0.1, 0.15) is 17.1 Å². The van der Waals surface area contributed by atoms with E-state index in [1.807, 2.05) is 36.7 Å². The molecular weight excluding hydrogens is 622 g/mol. The predicted octanol–water partition coefficient (Wildman–Crippen LogP) is 7.75. The summed E-state index contributed by atoms with van der Waals surface area (Å²) in [5.74, 6) is 1.92. The molecule has 0 saturated carbocycles. The second-order valence-electron chi connectivity index (χ2n) is 14.1. The van der Waals surface area contributed by atoms with Crippen LogP contribution in [0.4, 0.5) is 11.5 Å². The van der Waals surface area contributed by atoms with Crippen LogP contribution in [-0.2, 0) is 13.1 Å². The molecule has 8 rings (SSSR count). The summed E-state index contributed by atoms with van der Waals surface area (Å²) in [6.07, 6.45) is 5.52. The molecule has 2 fully saturated rings. The van der Waals surface area contributed by atoms with Gasteiger partial charge in [0.15, 0.2) is 11.4 Å². The molecule has 0 aliphatic carbocycles. The second kappa shape index (κ2) is 13.3. The molecule has 2 atom stereocenters. The molecule has 1 unspecified atom stereocenters. The number of aromatic nitrogens is 3. The number of nitriles is 1. The summed E-state index contributed by atoms with van der Waals surface area (Å²) in [6, 6.07) is 23.0. The van der Waals surface area contributed by atoms with Gasteiger partial charge >= 0.3 is 0 Å². The minimum Gasteiger partial charge on any atom is -0.435 e. The zero-order valence-electron chi connectivity index (χ0n) is 28.8. The number of oxazole rings is 1. The Labute approximate surface area is 292 Å². The average molecular weight is 664 g/mol. The van der Waals surface area contributed by atoms with Crippen molar-refractivity contribution in [3.63, 3.8) is 0 Å². The third kappa shape index (κ3) is 6.22. The van der Waals surface area contributed by atoms with E-state index in [-0.39, 0.29) is 6.10 Å². The number of fused-ring (bicyclic) bond motifs is 2. The number of aliphatic hydroxyl groups excluding tert-OH is 1. The monoisotopic (exact) mass is 663 g/mol. The van der Waals surface area contributed by atoms with Gasteiger partial charge in [-0.1, -0.05) is 31.2 Å². The van der Waals surface area contributed by atoms with E-state index in [0.29, 0.717) is 40.8 Å². The number of aliphatic hydroxyl groups is 1. The standard InChI is InChI=1S/C41H41N7O2/c1-25-11-14-47(21-25)22-28-16-31(19-42)39-37(18-28)46-41(50-39)35-8-4-6-33(26(35)2)34-7-5-9-36(27(34)3)45-40-38-30(10-13-43-40)17-29(20-44-38)23-48-15-12-32(49)24-48/h4-10,13,16-18,20,25,32,49H,11-12,14-15,21-24H2,1-3H3,(H,43,45)/t25?,32-/m1/s1. The van der Waals surface area contributed by atoms with Crippen LogP contribution in [-0.4, -0.2) is 62.1 Å². The first-order valence-electron chi connectivity index (χ1n) is 17.5. The highest BCUT2D eigenvalue weighted by atomic mass is 16.3. The fourth-order valence-corrected chi connectivity index (χ4v) is 7.66. The third-order valence-electron chi connectivity index (χ3n) is 10.3. The number of pyridine rings is 2. The van der Waals surface area contributed by atoms with Crippen LogP contribution < -0.4 is 5.32 Å². The predicted molar refractivity (Wildman–Crippen MR) is 197 cm³/mol. The maximum Gasteiger partial charge on any atom is 0.227 e. The number of likely N-dealkylation sites (tertiary alicyclic amines) is 2. The number of hydrogen-bond acceptors (Lipinski definition) is 9. The van der Waals surface area contributed by atoms with Crippen molar-refractivity contribution in [2.45, 2.75) is 52.8 Å². The van der Waals surface area contributed by atoms with Crippen molar-refractivity contribution < 1.29 is 9.52 Å². The maximum atomic E-state index is 10.0. The Morgan fingerprint density at radius 2 is 1.66 bits per heavy atom. The van der Waals surface area contributed by atoms with E-state index in [0.717, 1.165) is 94.7 Å². The van der Waals surface area contributed by atoms with Gasteiger partial charge < -0.3 is 14.8 Å². The average Bonchev–Trinajstić information content (AvgIpc) is 3.85. The molecule has 3 aromatic carbocycles. The molecule has 0 spiro atoms. The summed E-state index contributed by atoms with van der Waals surface area (Å²) in [5.41, 5.74) is 10.9. The van der Waals surface area contributed by atoms with E-state index in [1.165, 1.54) is 6.42 Å². The lowest BCUT2D eigenvalue weighted by molar-refractivity contribution is 0.175. The number of β-amino-alcohol motifs (C(OH)–C–C–N with tert-alkyl or cyclic N) is 1. The Balaban J connectivity index is 1.08. The molecule has 9 nitrogen and oxygen atoms in total. The molecule has 2 N–H and O–H groups in total. The summed E-state index contributed by atoms with van der Waals surface area (Å²) in [6.45, 7) is 11.8. The van der Waals surface area contributed by atoms with Crippen LogP contribution >= 0.6 is 0 Å². The lowest BCUT2D eigenvalue weighted by Gasteiger charge is -2.17. The van der Waals surface area contributed by atoms with Crippen LogP contribution in [0, 0.1) is 31.1 Å². The Hall–Kier alpha value is -5.14. The Kier molecular flexibility index (Phi) is 8.53. The summed E-state index contributed by atoms with van der Waals surface area (Å²) in [7, 11) is 0. The van der Waals surface area contributed by atoms with Gasteiger partial charge in [-0.2, -0.15) is 5.26 Å². The van der Waals surface area contributed by atoms with E-state index < -0.39 is 0 Å². The number of nitrogens with zero attached hydrogens (tertiary/aromatic N) is 6. The third-order valence-corrected chi connectivity index (χ3v) is 10.3. The normalized spacial score (nSPS) is 18.3. The van der Waals surface area contributed by atoms with Gasteiger partial charge in [-0.25, -0.2) is 9.97 Å². The fourth-order valence-electron chi connectivity index (χ4n) is 7.66. The molecule has 2 saturated heterocycles. The lowest BCUT2D eigenvalue weighted by atomic mass is 9.93. The SMILES string of the molecule is Cc1c(Nc2nccc3cc(CN4CC[C@@H](O)C4)cnc23)cccc1-c1cccc(-c2nc3cc(CN4CCC(C)C4)cc(C#N)c3o2)c1C. The molecule has 0 bridgehead atoms. The number of rotatable bonds is 8. The van der Waals surface area contributed by atoms with E-state index >= 15 is 0 Å². The summed E-state index contributed by atoms with van der Waals surface area (Å²) >= 11 is 0. The maximum absolute atomic E-state index is 10.0. The number of anilines is 2. The molecule has 0 amide bonds. The van der Waals surface area contributed by atoms with E-state index in [1.54, 1.807) is 0 Å². The smallest absolute Gasteiger partial charge is 0.227 e. The van der Waals surface area contributed by atoms with E-state index in [2.05, 4.69) is 83.3 Å². The second-order valence-corrected chi connectivity index (χ2v) is 14.1. The van der Waals surface area contributed by atoms with Crippen LogP contribution in [0.1, 0.15) is 47.6 Å². The Morgan fingerprint density at radius 3 is 2.44 bits per heavy atom. The van der Waals surface area contributed by atoms with Crippen LogP contribution in [0.3, 0.4) is 0 Å². The lowest BCUT2D eigenvalue weighted by Crippen LogP contribution is -2.21. The van der Waals surface area contributed by atoms with Crippen molar-refractivity contribution in [1.82, 2.24) is 24.8 Å². The van der Waals surface area contributed by atoms with Gasteiger partial charge in [0.2, 0.25) is 5.89 Å². The summed E-state index contributed by atoms with van der Waals surface area (Å²) < 4.78 is 6.33. The molecule has 6 aromatic rings. The molecule has 9 heteroatoms. The molecule has 5 heterocycles. The molecule has 252 valence electrons.